The van der Waals surface area contributed by atoms with Gasteiger partial charge in [0.1, 0.15) is 0 Å². The number of nitrogens with one attached hydrogen (secondary N) is 2. The number of urea groups is 1. The van der Waals surface area contributed by atoms with Gasteiger partial charge in [-0.25, -0.2) is 4.79 Å². The maximum Gasteiger partial charge on any atom is 0.321 e. The molecule has 0 aliphatic carbocycles. The number of carbonyl (C=O) groups excluding carboxylic acids is 2. The molecule has 0 aliphatic rings. The molecule has 21 heavy (non-hydrogen) atoms. The van der Waals surface area contributed by atoms with Gasteiger partial charge >= 0.3 is 12.0 Å². The Bertz CT molecular complexity index is 502. The first kappa shape index (κ1) is 16.7. The number of imide groups is 1. The Balaban J connectivity index is 2.39. The summed E-state index contributed by atoms with van der Waals surface area (Å²) in [5, 5.41) is 13.5. The normalized spacial score (nSPS) is 13.0. The molecule has 1 aromatic rings. The van der Waals surface area contributed by atoms with Gasteiger partial charge in [-0.15, -0.1) is 0 Å². The molecule has 0 saturated heterocycles. The quantitative estimate of drug-likeness (QED) is 0.748. The van der Waals surface area contributed by atoms with Crippen molar-refractivity contribution in [1.82, 2.24) is 10.6 Å². The fourth-order valence-corrected chi connectivity index (χ4v) is 1.92. The van der Waals surface area contributed by atoms with Crippen LogP contribution in [0.2, 0.25) is 0 Å². The number of hydrogen-bond donors (Lipinski definition) is 3. The number of amides is 3. The molecule has 0 fully saturated rings. The molecule has 2 atom stereocenters. The van der Waals surface area contributed by atoms with E-state index in [-0.39, 0.29) is 24.8 Å². The van der Waals surface area contributed by atoms with Crippen LogP contribution >= 0.6 is 0 Å². The van der Waals surface area contributed by atoms with E-state index in [9.17, 15) is 14.4 Å². The maximum atomic E-state index is 11.7. The molecule has 114 valence electrons. The topological polar surface area (TPSA) is 95.5 Å². The fourth-order valence-electron chi connectivity index (χ4n) is 1.92. The second-order valence-electron chi connectivity index (χ2n) is 5.06. The highest BCUT2D eigenvalue weighted by Crippen LogP contribution is 2.11. The van der Waals surface area contributed by atoms with Crippen molar-refractivity contribution >= 4 is 17.9 Å². The Hall–Kier alpha value is -2.37. The van der Waals surface area contributed by atoms with Crippen LogP contribution < -0.4 is 10.6 Å². The highest BCUT2D eigenvalue weighted by molar-refractivity contribution is 5.94. The monoisotopic (exact) mass is 292 g/mol. The van der Waals surface area contributed by atoms with Gasteiger partial charge in [-0.2, -0.15) is 0 Å². The van der Waals surface area contributed by atoms with E-state index in [0.717, 1.165) is 5.56 Å². The van der Waals surface area contributed by atoms with Crippen LogP contribution in [0.4, 0.5) is 4.79 Å². The molecule has 6 nitrogen and oxygen atoms in total. The SMILES string of the molecule is CC(CC(=O)O)CC(=O)NC(=O)NC(C)c1ccccc1. The van der Waals surface area contributed by atoms with Gasteiger partial charge in [0.25, 0.3) is 0 Å². The molecule has 6 heteroatoms. The molecule has 0 saturated carbocycles. The van der Waals surface area contributed by atoms with Crippen molar-refractivity contribution in [3.8, 4) is 0 Å². The fraction of sp³-hybridized carbons (Fsp3) is 0.400. The Kier molecular flexibility index (Phi) is 6.39. The molecule has 2 unspecified atom stereocenters. The number of carbonyl (C=O) groups is 3. The van der Waals surface area contributed by atoms with E-state index in [1.54, 1.807) is 6.92 Å². The van der Waals surface area contributed by atoms with Crippen molar-refractivity contribution in [1.29, 1.82) is 0 Å². The number of aliphatic carboxylic acids is 1. The molecule has 1 aromatic carbocycles. The van der Waals surface area contributed by atoms with Crippen LogP contribution in [0.5, 0.6) is 0 Å². The molecule has 1 rings (SSSR count). The minimum absolute atomic E-state index is 0.000558. The van der Waals surface area contributed by atoms with E-state index in [1.165, 1.54) is 0 Å². The van der Waals surface area contributed by atoms with E-state index < -0.39 is 17.9 Å². The van der Waals surface area contributed by atoms with Crippen LogP contribution in [-0.2, 0) is 9.59 Å². The van der Waals surface area contributed by atoms with Gasteiger partial charge in [-0.1, -0.05) is 37.3 Å². The molecule has 3 amide bonds. The van der Waals surface area contributed by atoms with E-state index in [2.05, 4.69) is 10.6 Å². The van der Waals surface area contributed by atoms with Gasteiger partial charge in [0.15, 0.2) is 0 Å². The Labute approximate surface area is 123 Å². The summed E-state index contributed by atoms with van der Waals surface area (Å²) in [7, 11) is 0. The summed E-state index contributed by atoms with van der Waals surface area (Å²) < 4.78 is 0. The van der Waals surface area contributed by atoms with Gasteiger partial charge in [0, 0.05) is 12.8 Å². The molecule has 0 aromatic heterocycles. The lowest BCUT2D eigenvalue weighted by atomic mass is 10.0. The van der Waals surface area contributed by atoms with E-state index in [0.29, 0.717) is 0 Å². The van der Waals surface area contributed by atoms with Gasteiger partial charge in [0.05, 0.1) is 6.04 Å². The number of carboxylic acids is 1. The highest BCUT2D eigenvalue weighted by Gasteiger charge is 2.16. The molecule has 0 radical (unpaired) electrons. The molecular formula is C15H20N2O4. The lowest BCUT2D eigenvalue weighted by Crippen LogP contribution is -2.41. The molecule has 0 spiro atoms. The number of hydrogen-bond acceptors (Lipinski definition) is 3. The van der Waals surface area contributed by atoms with E-state index in [1.807, 2.05) is 37.3 Å². The van der Waals surface area contributed by atoms with Gasteiger partial charge in [0.2, 0.25) is 5.91 Å². The summed E-state index contributed by atoms with van der Waals surface area (Å²) in [4.78, 5) is 33.8. The summed E-state index contributed by atoms with van der Waals surface area (Å²) in [6.45, 7) is 3.46. The number of rotatable bonds is 6. The van der Waals surface area contributed by atoms with Crippen LogP contribution in [0.1, 0.15) is 38.3 Å². The average molecular weight is 292 g/mol. The Morgan fingerprint density at radius 1 is 1.10 bits per heavy atom. The third kappa shape index (κ3) is 6.56. The number of carboxylic acid groups (broad SMARTS) is 1. The van der Waals surface area contributed by atoms with E-state index in [4.69, 9.17) is 5.11 Å². The zero-order valence-electron chi connectivity index (χ0n) is 12.1. The molecular weight excluding hydrogens is 272 g/mol. The van der Waals surface area contributed by atoms with Crippen LogP contribution in [0.15, 0.2) is 30.3 Å². The second-order valence-corrected chi connectivity index (χ2v) is 5.06. The zero-order chi connectivity index (χ0) is 15.8. The first-order valence-corrected chi connectivity index (χ1v) is 6.75. The standard InChI is InChI=1S/C15H20N2O4/c1-10(9-14(19)20)8-13(18)17-15(21)16-11(2)12-6-4-3-5-7-12/h3-7,10-11H,8-9H2,1-2H3,(H,19,20)(H2,16,17,18,21). The summed E-state index contributed by atoms with van der Waals surface area (Å²) >= 11 is 0. The van der Waals surface area contributed by atoms with Crippen LogP contribution in [0, 0.1) is 5.92 Å². The molecule has 0 bridgehead atoms. The van der Waals surface area contributed by atoms with Crippen LogP contribution in [0.3, 0.4) is 0 Å². The lowest BCUT2D eigenvalue weighted by molar-refractivity contribution is -0.138. The molecule has 0 heterocycles. The van der Waals surface area contributed by atoms with Crippen molar-refractivity contribution in [3.63, 3.8) is 0 Å². The predicted molar refractivity (Wildman–Crippen MR) is 77.6 cm³/mol. The van der Waals surface area contributed by atoms with Crippen molar-refractivity contribution in [2.24, 2.45) is 5.92 Å². The van der Waals surface area contributed by atoms with Crippen molar-refractivity contribution in [2.75, 3.05) is 0 Å². The van der Waals surface area contributed by atoms with Gasteiger partial charge in [-0.3, -0.25) is 14.9 Å². The Morgan fingerprint density at radius 2 is 1.71 bits per heavy atom. The Morgan fingerprint density at radius 3 is 2.29 bits per heavy atom. The van der Waals surface area contributed by atoms with Crippen molar-refractivity contribution in [2.45, 2.75) is 32.7 Å². The van der Waals surface area contributed by atoms with Gasteiger partial charge < -0.3 is 10.4 Å². The minimum Gasteiger partial charge on any atom is -0.481 e. The molecule has 3 N–H and O–H groups in total. The summed E-state index contributed by atoms with van der Waals surface area (Å²) in [5.41, 5.74) is 0.930. The summed E-state index contributed by atoms with van der Waals surface area (Å²) in [6.07, 6.45) is -0.102. The average Bonchev–Trinajstić information content (AvgIpc) is 2.37. The van der Waals surface area contributed by atoms with Crippen LogP contribution in [-0.4, -0.2) is 23.0 Å². The third-order valence-corrected chi connectivity index (χ3v) is 2.96. The predicted octanol–water partition coefficient (Wildman–Crippen LogP) is 2.07. The van der Waals surface area contributed by atoms with Gasteiger partial charge in [-0.05, 0) is 18.4 Å². The first-order valence-electron chi connectivity index (χ1n) is 6.75. The second kappa shape index (κ2) is 8.04. The van der Waals surface area contributed by atoms with Crippen molar-refractivity contribution < 1.29 is 19.5 Å². The van der Waals surface area contributed by atoms with Crippen molar-refractivity contribution in [3.05, 3.63) is 35.9 Å². The summed E-state index contributed by atoms with van der Waals surface area (Å²) in [5.74, 6) is -1.76. The van der Waals surface area contributed by atoms with E-state index >= 15 is 0 Å². The minimum atomic E-state index is -0.961. The third-order valence-electron chi connectivity index (χ3n) is 2.96. The maximum absolute atomic E-state index is 11.7. The number of benzene rings is 1. The van der Waals surface area contributed by atoms with Crippen LogP contribution in [0.25, 0.3) is 0 Å². The summed E-state index contributed by atoms with van der Waals surface area (Å²) in [6, 6.07) is 8.55. The largest absolute Gasteiger partial charge is 0.481 e. The molecule has 0 aliphatic heterocycles. The highest BCUT2D eigenvalue weighted by atomic mass is 16.4. The zero-order valence-corrected chi connectivity index (χ0v) is 12.1. The first-order chi connectivity index (χ1) is 9.88. The smallest absolute Gasteiger partial charge is 0.321 e. The lowest BCUT2D eigenvalue weighted by Gasteiger charge is -2.15.